The van der Waals surface area contributed by atoms with Crippen molar-refractivity contribution in [3.05, 3.63) is 147 Å². The van der Waals surface area contributed by atoms with Gasteiger partial charge in [-0.25, -0.2) is 4.98 Å². The van der Waals surface area contributed by atoms with E-state index in [0.717, 1.165) is 34.7 Å². The summed E-state index contributed by atoms with van der Waals surface area (Å²) in [5.41, 5.74) is 6.85. The van der Waals surface area contributed by atoms with Crippen molar-refractivity contribution in [3.63, 3.8) is 0 Å². The predicted molar refractivity (Wildman–Crippen MR) is 204 cm³/mol. The fourth-order valence-corrected chi connectivity index (χ4v) is 7.42. The zero-order chi connectivity index (χ0) is 36.0. The van der Waals surface area contributed by atoms with Gasteiger partial charge in [0.25, 0.3) is 5.56 Å². The van der Waals surface area contributed by atoms with Crippen LogP contribution in [0.5, 0.6) is 5.75 Å². The molecule has 6 nitrogen and oxygen atoms in total. The third-order valence-corrected chi connectivity index (χ3v) is 9.98. The third kappa shape index (κ3) is 8.21. The summed E-state index contributed by atoms with van der Waals surface area (Å²) < 4.78 is 7.61. The van der Waals surface area contributed by atoms with Gasteiger partial charge in [-0.05, 0) is 92.5 Å². The Hall–Kier alpha value is -5.28. The standard InChI is InChI=1S/C33H31N3O3.C12H16/c1-5-8-29-27(17-22-11-13-23(14-12-22)26-10-7-6-9-24(26)20-34)32(38)36(21(2)35-29)25-15-16-31-28(18-25)30(37)19-33(3,4)39-31;1-3-7-11(8-4-1)12-9-5-2-6-10-12/h6-7,9-16,18H,5,8,17,19H2,1-4H3;1,3-4,7-8,12H,2,5-6,9-10H2. The van der Waals surface area contributed by atoms with Crippen LogP contribution < -0.4 is 10.3 Å². The maximum Gasteiger partial charge on any atom is 0.261 e. The predicted octanol–water partition coefficient (Wildman–Crippen LogP) is 10.1. The number of rotatable bonds is 7. The Labute approximate surface area is 301 Å². The Bertz CT molecular complexity index is 2100. The zero-order valence-corrected chi connectivity index (χ0v) is 30.2. The minimum atomic E-state index is -0.554. The molecule has 6 heteroatoms. The largest absolute Gasteiger partial charge is 0.487 e. The number of benzene rings is 4. The molecule has 1 aromatic heterocycles. The summed E-state index contributed by atoms with van der Waals surface area (Å²) in [6.45, 7) is 7.69. The highest BCUT2D eigenvalue weighted by Crippen LogP contribution is 2.35. The first-order valence-corrected chi connectivity index (χ1v) is 18.3. The summed E-state index contributed by atoms with van der Waals surface area (Å²) in [4.78, 5) is 31.7. The van der Waals surface area contributed by atoms with E-state index in [4.69, 9.17) is 9.72 Å². The number of nitrogens with zero attached hydrogens (tertiary/aromatic N) is 3. The smallest absolute Gasteiger partial charge is 0.261 e. The van der Waals surface area contributed by atoms with Crippen LogP contribution in [0.4, 0.5) is 0 Å². The SMILES string of the molecule is CCCc1nc(C)n(-c2ccc3c(c2)C(=O)CC(C)(C)O3)c(=O)c1Cc1ccc(-c2ccccc2C#N)cc1.c1ccc(C2CCCCC2)cc1. The molecule has 5 aromatic rings. The summed E-state index contributed by atoms with van der Waals surface area (Å²) in [6, 6.07) is 34.0. The molecule has 0 amide bonds. The highest BCUT2D eigenvalue weighted by molar-refractivity contribution is 6.00. The molecule has 0 unspecified atom stereocenters. The van der Waals surface area contributed by atoms with E-state index in [2.05, 4.69) is 43.3 Å². The van der Waals surface area contributed by atoms with Crippen LogP contribution in [0.2, 0.25) is 0 Å². The number of aryl methyl sites for hydroxylation is 2. The molecule has 260 valence electrons. The summed E-state index contributed by atoms with van der Waals surface area (Å²) in [5, 5.41) is 9.47. The van der Waals surface area contributed by atoms with Gasteiger partial charge < -0.3 is 4.74 Å². The second-order valence-electron chi connectivity index (χ2n) is 14.4. The van der Waals surface area contributed by atoms with E-state index in [1.165, 1.54) is 32.1 Å². The van der Waals surface area contributed by atoms with Crippen LogP contribution in [0.15, 0.2) is 102 Å². The highest BCUT2D eigenvalue weighted by Gasteiger charge is 2.33. The Morgan fingerprint density at radius 2 is 1.59 bits per heavy atom. The Morgan fingerprint density at radius 3 is 2.29 bits per heavy atom. The van der Waals surface area contributed by atoms with Crippen molar-refractivity contribution < 1.29 is 9.53 Å². The lowest BCUT2D eigenvalue weighted by molar-refractivity contribution is 0.0620. The minimum Gasteiger partial charge on any atom is -0.487 e. The van der Waals surface area contributed by atoms with Crippen LogP contribution >= 0.6 is 0 Å². The van der Waals surface area contributed by atoms with Crippen molar-refractivity contribution in [1.82, 2.24) is 9.55 Å². The number of fused-ring (bicyclic) bond motifs is 1. The molecule has 0 radical (unpaired) electrons. The first kappa shape index (κ1) is 35.5. The van der Waals surface area contributed by atoms with Gasteiger partial charge in [0, 0.05) is 12.0 Å². The number of nitriles is 1. The molecule has 0 spiro atoms. The van der Waals surface area contributed by atoms with E-state index in [9.17, 15) is 14.9 Å². The molecule has 2 aliphatic rings. The van der Waals surface area contributed by atoms with Gasteiger partial charge in [-0.15, -0.1) is 0 Å². The van der Waals surface area contributed by atoms with Crippen LogP contribution in [0.25, 0.3) is 16.8 Å². The lowest BCUT2D eigenvalue weighted by Crippen LogP contribution is -2.36. The van der Waals surface area contributed by atoms with E-state index in [-0.39, 0.29) is 17.8 Å². The van der Waals surface area contributed by atoms with Crippen molar-refractivity contribution in [2.24, 2.45) is 0 Å². The first-order valence-electron chi connectivity index (χ1n) is 18.3. The van der Waals surface area contributed by atoms with E-state index in [1.807, 2.05) is 75.4 Å². The van der Waals surface area contributed by atoms with Crippen LogP contribution in [0.3, 0.4) is 0 Å². The van der Waals surface area contributed by atoms with Gasteiger partial charge in [0.2, 0.25) is 0 Å². The quantitative estimate of drug-likeness (QED) is 0.171. The minimum absolute atomic E-state index is 0.00245. The van der Waals surface area contributed by atoms with Crippen LogP contribution in [0, 0.1) is 18.3 Å². The monoisotopic (exact) mass is 677 g/mol. The third-order valence-electron chi connectivity index (χ3n) is 9.98. The average molecular weight is 678 g/mol. The number of Topliss-reactive ketones (excluding diaryl/α,β-unsaturated/α-hetero) is 1. The summed E-state index contributed by atoms with van der Waals surface area (Å²) in [5.74, 6) is 1.99. The maximum absolute atomic E-state index is 14.0. The van der Waals surface area contributed by atoms with Crippen molar-refractivity contribution in [1.29, 1.82) is 5.26 Å². The summed E-state index contributed by atoms with van der Waals surface area (Å²) >= 11 is 0. The molecular formula is C45H47N3O3. The number of carbonyl (C=O) groups is 1. The molecule has 4 aromatic carbocycles. The number of aromatic nitrogens is 2. The molecular weight excluding hydrogens is 631 g/mol. The Morgan fingerprint density at radius 1 is 0.882 bits per heavy atom. The van der Waals surface area contributed by atoms with Gasteiger partial charge in [0.15, 0.2) is 5.78 Å². The molecule has 51 heavy (non-hydrogen) atoms. The molecule has 1 aliphatic heterocycles. The van der Waals surface area contributed by atoms with Crippen LogP contribution in [-0.4, -0.2) is 20.9 Å². The fourth-order valence-electron chi connectivity index (χ4n) is 7.42. The molecule has 1 aliphatic carbocycles. The summed E-state index contributed by atoms with van der Waals surface area (Å²) in [7, 11) is 0. The topological polar surface area (TPSA) is 85.0 Å². The van der Waals surface area contributed by atoms with Gasteiger partial charge in [-0.1, -0.05) is 105 Å². The number of carbonyl (C=O) groups excluding carboxylic acids is 1. The first-order chi connectivity index (χ1) is 24.7. The van der Waals surface area contributed by atoms with E-state index < -0.39 is 5.60 Å². The van der Waals surface area contributed by atoms with Gasteiger partial charge in [-0.3, -0.25) is 14.2 Å². The lowest BCUT2D eigenvalue weighted by Gasteiger charge is -2.31. The molecule has 1 saturated carbocycles. The molecule has 0 saturated heterocycles. The van der Waals surface area contributed by atoms with E-state index in [1.54, 1.807) is 22.3 Å². The fraction of sp³-hybridized carbons (Fsp3) is 0.333. The lowest BCUT2D eigenvalue weighted by atomic mass is 9.84. The normalized spacial score (nSPS) is 15.2. The average Bonchev–Trinajstić information content (AvgIpc) is 3.14. The molecule has 1 fully saturated rings. The van der Waals surface area contributed by atoms with E-state index >= 15 is 0 Å². The van der Waals surface area contributed by atoms with E-state index in [0.29, 0.717) is 46.8 Å². The Balaban J connectivity index is 0.000000313. The highest BCUT2D eigenvalue weighted by atomic mass is 16.5. The Kier molecular flexibility index (Phi) is 11.0. The summed E-state index contributed by atoms with van der Waals surface area (Å²) in [6.07, 6.45) is 9.41. The number of hydrogen-bond acceptors (Lipinski definition) is 5. The molecule has 0 N–H and O–H groups in total. The number of ketones is 1. The molecule has 2 heterocycles. The van der Waals surface area contributed by atoms with Gasteiger partial charge in [0.1, 0.15) is 17.2 Å². The van der Waals surface area contributed by atoms with Crippen LogP contribution in [-0.2, 0) is 12.8 Å². The molecule has 7 rings (SSSR count). The van der Waals surface area contributed by atoms with Gasteiger partial charge in [0.05, 0.1) is 35.0 Å². The molecule has 0 bridgehead atoms. The van der Waals surface area contributed by atoms with Gasteiger partial charge >= 0.3 is 0 Å². The molecule has 0 atom stereocenters. The van der Waals surface area contributed by atoms with Gasteiger partial charge in [-0.2, -0.15) is 5.26 Å². The number of ether oxygens (including phenoxy) is 1. The maximum atomic E-state index is 14.0. The van der Waals surface area contributed by atoms with Crippen molar-refractivity contribution in [2.75, 3.05) is 0 Å². The second-order valence-corrected chi connectivity index (χ2v) is 14.4. The van der Waals surface area contributed by atoms with Crippen molar-refractivity contribution >= 4 is 5.78 Å². The van der Waals surface area contributed by atoms with Crippen LogP contribution in [0.1, 0.15) is 116 Å². The second kappa shape index (κ2) is 15.7. The van der Waals surface area contributed by atoms with Crippen molar-refractivity contribution in [2.45, 2.75) is 97.0 Å². The zero-order valence-electron chi connectivity index (χ0n) is 30.2. The number of hydrogen-bond donors (Lipinski definition) is 0. The van der Waals surface area contributed by atoms with Crippen molar-refractivity contribution in [3.8, 4) is 28.6 Å².